The Kier molecular flexibility index (Phi) is 6.67. The SMILES string of the molecule is CCC(COC)NCCc1ccccc1OC. The van der Waals surface area contributed by atoms with Gasteiger partial charge in [0.1, 0.15) is 5.75 Å². The zero-order chi connectivity index (χ0) is 12.5. The van der Waals surface area contributed by atoms with Gasteiger partial charge < -0.3 is 14.8 Å². The van der Waals surface area contributed by atoms with Crippen LogP contribution in [0.15, 0.2) is 24.3 Å². The molecule has 1 atom stereocenters. The number of hydrogen-bond donors (Lipinski definition) is 1. The van der Waals surface area contributed by atoms with Crippen molar-refractivity contribution in [1.82, 2.24) is 5.32 Å². The van der Waals surface area contributed by atoms with E-state index in [9.17, 15) is 0 Å². The van der Waals surface area contributed by atoms with Gasteiger partial charge in [-0.25, -0.2) is 0 Å². The summed E-state index contributed by atoms with van der Waals surface area (Å²) in [5, 5.41) is 3.49. The van der Waals surface area contributed by atoms with Gasteiger partial charge in [-0.05, 0) is 31.0 Å². The van der Waals surface area contributed by atoms with E-state index in [-0.39, 0.29) is 0 Å². The summed E-state index contributed by atoms with van der Waals surface area (Å²) in [4.78, 5) is 0. The van der Waals surface area contributed by atoms with Gasteiger partial charge in [-0.3, -0.25) is 0 Å². The molecule has 0 fully saturated rings. The third kappa shape index (κ3) is 4.75. The van der Waals surface area contributed by atoms with Gasteiger partial charge in [0.25, 0.3) is 0 Å². The molecule has 0 spiro atoms. The van der Waals surface area contributed by atoms with Crippen LogP contribution in [0, 0.1) is 0 Å². The lowest BCUT2D eigenvalue weighted by atomic mass is 10.1. The third-order valence-electron chi connectivity index (χ3n) is 2.88. The molecule has 0 heterocycles. The number of benzene rings is 1. The van der Waals surface area contributed by atoms with Gasteiger partial charge in [0.15, 0.2) is 0 Å². The fourth-order valence-corrected chi connectivity index (χ4v) is 1.84. The molecule has 0 radical (unpaired) electrons. The first-order chi connectivity index (χ1) is 8.31. The largest absolute Gasteiger partial charge is 0.496 e. The molecule has 3 nitrogen and oxygen atoms in total. The second kappa shape index (κ2) is 8.09. The molecule has 1 N–H and O–H groups in total. The molecule has 3 heteroatoms. The molecule has 0 aliphatic rings. The van der Waals surface area contributed by atoms with Crippen LogP contribution in [0.3, 0.4) is 0 Å². The lowest BCUT2D eigenvalue weighted by Gasteiger charge is -2.16. The molecule has 17 heavy (non-hydrogen) atoms. The Morgan fingerprint density at radius 2 is 2.00 bits per heavy atom. The van der Waals surface area contributed by atoms with Crippen LogP contribution in [-0.4, -0.2) is 33.4 Å². The van der Waals surface area contributed by atoms with Crippen LogP contribution in [0.4, 0.5) is 0 Å². The summed E-state index contributed by atoms with van der Waals surface area (Å²) < 4.78 is 10.5. The van der Waals surface area contributed by atoms with Crippen molar-refractivity contribution in [2.45, 2.75) is 25.8 Å². The number of methoxy groups -OCH3 is 2. The first-order valence-corrected chi connectivity index (χ1v) is 6.16. The molecule has 96 valence electrons. The number of para-hydroxylation sites is 1. The van der Waals surface area contributed by atoms with Crippen LogP contribution in [0.1, 0.15) is 18.9 Å². The van der Waals surface area contributed by atoms with E-state index in [1.54, 1.807) is 14.2 Å². The highest BCUT2D eigenvalue weighted by atomic mass is 16.5. The summed E-state index contributed by atoms with van der Waals surface area (Å²) in [6.07, 6.45) is 2.06. The summed E-state index contributed by atoms with van der Waals surface area (Å²) >= 11 is 0. The lowest BCUT2D eigenvalue weighted by molar-refractivity contribution is 0.164. The normalized spacial score (nSPS) is 12.4. The van der Waals surface area contributed by atoms with E-state index >= 15 is 0 Å². The van der Waals surface area contributed by atoms with E-state index in [1.807, 2.05) is 18.2 Å². The monoisotopic (exact) mass is 237 g/mol. The van der Waals surface area contributed by atoms with Crippen molar-refractivity contribution in [3.8, 4) is 5.75 Å². The zero-order valence-corrected chi connectivity index (χ0v) is 11.0. The van der Waals surface area contributed by atoms with Gasteiger partial charge in [0.2, 0.25) is 0 Å². The van der Waals surface area contributed by atoms with E-state index in [0.717, 1.165) is 31.7 Å². The first kappa shape index (κ1) is 14.0. The molecular formula is C14H23NO2. The fourth-order valence-electron chi connectivity index (χ4n) is 1.84. The minimum atomic E-state index is 0.440. The van der Waals surface area contributed by atoms with E-state index in [1.165, 1.54) is 5.56 Å². The second-order valence-corrected chi connectivity index (χ2v) is 4.08. The summed E-state index contributed by atoms with van der Waals surface area (Å²) in [6, 6.07) is 8.59. The molecule has 0 amide bonds. The van der Waals surface area contributed by atoms with Crippen LogP contribution < -0.4 is 10.1 Å². The van der Waals surface area contributed by atoms with Crippen LogP contribution >= 0.6 is 0 Å². The van der Waals surface area contributed by atoms with Gasteiger partial charge in [0.05, 0.1) is 13.7 Å². The standard InChI is InChI=1S/C14H23NO2/c1-4-13(11-16-2)15-10-9-12-7-5-6-8-14(12)17-3/h5-8,13,15H,4,9-11H2,1-3H3. The molecule has 1 rings (SSSR count). The topological polar surface area (TPSA) is 30.5 Å². The third-order valence-corrected chi connectivity index (χ3v) is 2.88. The predicted octanol–water partition coefficient (Wildman–Crippen LogP) is 2.25. The Morgan fingerprint density at radius 1 is 1.24 bits per heavy atom. The summed E-state index contributed by atoms with van der Waals surface area (Å²) in [5.41, 5.74) is 1.25. The second-order valence-electron chi connectivity index (χ2n) is 4.08. The van der Waals surface area contributed by atoms with Crippen LogP contribution in [0.5, 0.6) is 5.75 Å². The molecule has 0 aliphatic heterocycles. The number of hydrogen-bond acceptors (Lipinski definition) is 3. The predicted molar refractivity (Wildman–Crippen MR) is 70.7 cm³/mol. The maximum absolute atomic E-state index is 5.32. The van der Waals surface area contributed by atoms with Gasteiger partial charge in [-0.2, -0.15) is 0 Å². The van der Waals surface area contributed by atoms with Gasteiger partial charge in [-0.15, -0.1) is 0 Å². The molecule has 1 unspecified atom stereocenters. The van der Waals surface area contributed by atoms with E-state index in [4.69, 9.17) is 9.47 Å². The molecular weight excluding hydrogens is 214 g/mol. The zero-order valence-electron chi connectivity index (χ0n) is 11.0. The number of ether oxygens (including phenoxy) is 2. The van der Waals surface area contributed by atoms with Crippen molar-refractivity contribution in [1.29, 1.82) is 0 Å². The highest BCUT2D eigenvalue weighted by Crippen LogP contribution is 2.17. The van der Waals surface area contributed by atoms with Crippen molar-refractivity contribution in [2.75, 3.05) is 27.4 Å². The van der Waals surface area contributed by atoms with E-state index < -0.39 is 0 Å². The van der Waals surface area contributed by atoms with Crippen molar-refractivity contribution >= 4 is 0 Å². The number of rotatable bonds is 8. The van der Waals surface area contributed by atoms with Crippen LogP contribution in [0.2, 0.25) is 0 Å². The highest BCUT2D eigenvalue weighted by molar-refractivity contribution is 5.33. The van der Waals surface area contributed by atoms with E-state index in [2.05, 4.69) is 18.3 Å². The Bertz CT molecular complexity index is 315. The van der Waals surface area contributed by atoms with Crippen LogP contribution in [-0.2, 0) is 11.2 Å². The van der Waals surface area contributed by atoms with Gasteiger partial charge in [0, 0.05) is 13.2 Å². The quantitative estimate of drug-likeness (QED) is 0.752. The maximum atomic E-state index is 5.32. The number of nitrogens with one attached hydrogen (secondary N) is 1. The van der Waals surface area contributed by atoms with Crippen molar-refractivity contribution in [3.05, 3.63) is 29.8 Å². The highest BCUT2D eigenvalue weighted by Gasteiger charge is 2.05. The minimum absolute atomic E-state index is 0.440. The Balaban J connectivity index is 2.39. The average Bonchev–Trinajstić information content (AvgIpc) is 2.38. The molecule has 0 saturated heterocycles. The van der Waals surface area contributed by atoms with Gasteiger partial charge >= 0.3 is 0 Å². The molecule has 0 bridgehead atoms. The summed E-state index contributed by atoms with van der Waals surface area (Å²) in [6.45, 7) is 3.88. The molecule has 1 aromatic carbocycles. The molecule has 0 saturated carbocycles. The van der Waals surface area contributed by atoms with Crippen molar-refractivity contribution in [3.63, 3.8) is 0 Å². The Morgan fingerprint density at radius 3 is 2.65 bits per heavy atom. The fraction of sp³-hybridized carbons (Fsp3) is 0.571. The Labute approximate surface area is 104 Å². The van der Waals surface area contributed by atoms with E-state index in [0.29, 0.717) is 6.04 Å². The smallest absolute Gasteiger partial charge is 0.122 e. The van der Waals surface area contributed by atoms with Crippen LogP contribution in [0.25, 0.3) is 0 Å². The molecule has 0 aromatic heterocycles. The van der Waals surface area contributed by atoms with Crippen molar-refractivity contribution < 1.29 is 9.47 Å². The minimum Gasteiger partial charge on any atom is -0.496 e. The lowest BCUT2D eigenvalue weighted by Crippen LogP contribution is -2.34. The first-order valence-electron chi connectivity index (χ1n) is 6.16. The maximum Gasteiger partial charge on any atom is 0.122 e. The average molecular weight is 237 g/mol. The summed E-state index contributed by atoms with van der Waals surface area (Å²) in [5.74, 6) is 0.967. The summed E-state index contributed by atoms with van der Waals surface area (Å²) in [7, 11) is 3.45. The van der Waals surface area contributed by atoms with Gasteiger partial charge in [-0.1, -0.05) is 25.1 Å². The van der Waals surface area contributed by atoms with Crippen molar-refractivity contribution in [2.24, 2.45) is 0 Å². The molecule has 1 aromatic rings. The Hall–Kier alpha value is -1.06. The molecule has 0 aliphatic carbocycles.